The minimum atomic E-state index is -0.323. The predicted octanol–water partition coefficient (Wildman–Crippen LogP) is 5.04. The third kappa shape index (κ3) is 7.35. The molecule has 2 aromatic rings. The van der Waals surface area contributed by atoms with Crippen molar-refractivity contribution in [2.45, 2.75) is 43.8 Å². The molecule has 5 nitrogen and oxygen atoms in total. The van der Waals surface area contributed by atoms with Crippen LogP contribution in [0.2, 0.25) is 0 Å². The normalized spacial score (nSPS) is 11.5. The van der Waals surface area contributed by atoms with Gasteiger partial charge in [-0.05, 0) is 49.2 Å². The summed E-state index contributed by atoms with van der Waals surface area (Å²) >= 11 is 1.84. The first kappa shape index (κ1) is 20.8. The Labute approximate surface area is 165 Å². The van der Waals surface area contributed by atoms with Gasteiger partial charge >= 0.3 is 6.03 Å². The summed E-state index contributed by atoms with van der Waals surface area (Å²) in [6, 6.07) is 14.9. The summed E-state index contributed by atoms with van der Waals surface area (Å²) in [7, 11) is 0. The first-order valence-electron chi connectivity index (χ1n) is 9.15. The number of rotatable bonds is 8. The van der Waals surface area contributed by atoms with Gasteiger partial charge in [0.2, 0.25) is 5.91 Å². The maximum Gasteiger partial charge on any atom is 0.319 e. The predicted molar refractivity (Wildman–Crippen MR) is 113 cm³/mol. The van der Waals surface area contributed by atoms with Crippen molar-refractivity contribution in [2.24, 2.45) is 0 Å². The monoisotopic (exact) mass is 385 g/mol. The molecule has 0 aromatic heterocycles. The third-order valence-electron chi connectivity index (χ3n) is 4.05. The quantitative estimate of drug-likeness (QED) is 0.558. The van der Waals surface area contributed by atoms with Crippen LogP contribution in [0.3, 0.4) is 0 Å². The SMILES string of the molecule is CCC(C)Sc1ccc(NC(=O)CCNC(=O)Nc2ccccc2)c(C)c1. The average Bonchev–Trinajstić information content (AvgIpc) is 2.64. The van der Waals surface area contributed by atoms with E-state index in [1.165, 1.54) is 4.90 Å². The molecular weight excluding hydrogens is 358 g/mol. The van der Waals surface area contributed by atoms with E-state index in [0.29, 0.717) is 10.9 Å². The molecule has 2 aromatic carbocycles. The smallest absolute Gasteiger partial charge is 0.319 e. The van der Waals surface area contributed by atoms with Crippen LogP contribution in [0.5, 0.6) is 0 Å². The summed E-state index contributed by atoms with van der Waals surface area (Å²) in [5.41, 5.74) is 2.55. The number of anilines is 2. The maximum absolute atomic E-state index is 12.1. The number of aryl methyl sites for hydroxylation is 1. The van der Waals surface area contributed by atoms with Gasteiger partial charge in [0.1, 0.15) is 0 Å². The molecular formula is C21H27N3O2S. The van der Waals surface area contributed by atoms with E-state index >= 15 is 0 Å². The largest absolute Gasteiger partial charge is 0.337 e. The second-order valence-electron chi connectivity index (χ2n) is 6.36. The van der Waals surface area contributed by atoms with Crippen molar-refractivity contribution in [2.75, 3.05) is 17.2 Å². The van der Waals surface area contributed by atoms with Gasteiger partial charge in [-0.2, -0.15) is 0 Å². The van der Waals surface area contributed by atoms with Crippen LogP contribution in [-0.4, -0.2) is 23.7 Å². The fourth-order valence-electron chi connectivity index (χ4n) is 2.36. The summed E-state index contributed by atoms with van der Waals surface area (Å²) in [5.74, 6) is -0.125. The Bertz CT molecular complexity index is 765. The van der Waals surface area contributed by atoms with Crippen LogP contribution in [-0.2, 0) is 4.79 Å². The summed E-state index contributed by atoms with van der Waals surface area (Å²) in [4.78, 5) is 25.1. The van der Waals surface area contributed by atoms with Crippen LogP contribution >= 0.6 is 11.8 Å². The fourth-order valence-corrected chi connectivity index (χ4v) is 3.39. The van der Waals surface area contributed by atoms with E-state index in [4.69, 9.17) is 0 Å². The molecule has 1 unspecified atom stereocenters. The van der Waals surface area contributed by atoms with Crippen LogP contribution in [0.4, 0.5) is 16.2 Å². The molecule has 2 rings (SSSR count). The third-order valence-corrected chi connectivity index (χ3v) is 5.32. The Morgan fingerprint density at radius 1 is 1.07 bits per heavy atom. The molecule has 0 saturated carbocycles. The zero-order chi connectivity index (χ0) is 19.6. The lowest BCUT2D eigenvalue weighted by molar-refractivity contribution is -0.116. The number of para-hydroxylation sites is 1. The average molecular weight is 386 g/mol. The molecule has 0 aliphatic heterocycles. The second-order valence-corrected chi connectivity index (χ2v) is 7.87. The number of hydrogen-bond acceptors (Lipinski definition) is 3. The highest BCUT2D eigenvalue weighted by molar-refractivity contribution is 7.99. The lowest BCUT2D eigenvalue weighted by Crippen LogP contribution is -2.31. The topological polar surface area (TPSA) is 70.2 Å². The van der Waals surface area contributed by atoms with E-state index in [1.54, 1.807) is 12.1 Å². The number of hydrogen-bond donors (Lipinski definition) is 3. The molecule has 0 radical (unpaired) electrons. The van der Waals surface area contributed by atoms with Crippen molar-refractivity contribution in [3.05, 3.63) is 54.1 Å². The highest BCUT2D eigenvalue weighted by atomic mass is 32.2. The molecule has 3 amide bonds. The summed E-state index contributed by atoms with van der Waals surface area (Å²) in [6.45, 7) is 6.64. The Morgan fingerprint density at radius 2 is 1.81 bits per heavy atom. The Hall–Kier alpha value is -2.47. The lowest BCUT2D eigenvalue weighted by Gasteiger charge is -2.13. The number of nitrogens with one attached hydrogen (secondary N) is 3. The summed E-state index contributed by atoms with van der Waals surface area (Å²) in [5, 5.41) is 8.88. The van der Waals surface area contributed by atoms with E-state index in [2.05, 4.69) is 35.9 Å². The van der Waals surface area contributed by atoms with Gasteiger partial charge < -0.3 is 16.0 Å². The lowest BCUT2D eigenvalue weighted by atomic mass is 10.2. The van der Waals surface area contributed by atoms with Crippen LogP contribution in [0.1, 0.15) is 32.3 Å². The van der Waals surface area contributed by atoms with Gasteiger partial charge in [-0.1, -0.05) is 32.0 Å². The highest BCUT2D eigenvalue weighted by Crippen LogP contribution is 2.28. The number of amides is 3. The molecule has 3 N–H and O–H groups in total. The molecule has 6 heteroatoms. The van der Waals surface area contributed by atoms with Crippen molar-refractivity contribution in [1.82, 2.24) is 5.32 Å². The fraction of sp³-hybridized carbons (Fsp3) is 0.333. The first-order chi connectivity index (χ1) is 13.0. The minimum absolute atomic E-state index is 0.125. The first-order valence-corrected chi connectivity index (χ1v) is 10.0. The number of urea groups is 1. The van der Waals surface area contributed by atoms with Gasteiger partial charge in [-0.3, -0.25) is 4.79 Å². The van der Waals surface area contributed by atoms with E-state index in [9.17, 15) is 9.59 Å². The van der Waals surface area contributed by atoms with Gasteiger partial charge in [0.05, 0.1) is 0 Å². The Morgan fingerprint density at radius 3 is 2.48 bits per heavy atom. The van der Waals surface area contributed by atoms with Crippen molar-refractivity contribution in [1.29, 1.82) is 0 Å². The number of carbonyl (C=O) groups is 2. The van der Waals surface area contributed by atoms with E-state index < -0.39 is 0 Å². The molecule has 27 heavy (non-hydrogen) atoms. The molecule has 0 bridgehead atoms. The van der Waals surface area contributed by atoms with Crippen molar-refractivity contribution in [3.63, 3.8) is 0 Å². The minimum Gasteiger partial charge on any atom is -0.337 e. The molecule has 0 heterocycles. The molecule has 0 spiro atoms. The number of carbonyl (C=O) groups excluding carboxylic acids is 2. The molecule has 0 aliphatic carbocycles. The molecule has 0 aliphatic rings. The van der Waals surface area contributed by atoms with Gasteiger partial charge in [0.25, 0.3) is 0 Å². The molecule has 0 fully saturated rings. The van der Waals surface area contributed by atoms with Crippen LogP contribution in [0.25, 0.3) is 0 Å². The summed E-state index contributed by atoms with van der Waals surface area (Å²) < 4.78 is 0. The van der Waals surface area contributed by atoms with Crippen molar-refractivity contribution in [3.8, 4) is 0 Å². The molecule has 144 valence electrons. The molecule has 1 atom stereocenters. The van der Waals surface area contributed by atoms with E-state index in [-0.39, 0.29) is 24.9 Å². The zero-order valence-corrected chi connectivity index (χ0v) is 16.9. The zero-order valence-electron chi connectivity index (χ0n) is 16.0. The standard InChI is InChI=1S/C21H27N3O2S/c1-4-16(3)27-18-10-11-19(15(2)14-18)24-20(25)12-13-22-21(26)23-17-8-6-5-7-9-17/h5-11,14,16H,4,12-13H2,1-3H3,(H,24,25)(H2,22,23,26). The van der Waals surface area contributed by atoms with Crippen molar-refractivity contribution >= 4 is 35.1 Å². The van der Waals surface area contributed by atoms with Gasteiger partial charge in [-0.25, -0.2) is 4.79 Å². The Balaban J connectivity index is 1.76. The van der Waals surface area contributed by atoms with E-state index in [0.717, 1.165) is 17.7 Å². The van der Waals surface area contributed by atoms with Crippen molar-refractivity contribution < 1.29 is 9.59 Å². The highest BCUT2D eigenvalue weighted by Gasteiger charge is 2.08. The Kier molecular flexibility index (Phi) is 8.20. The number of thioether (sulfide) groups is 1. The van der Waals surface area contributed by atoms with Gasteiger partial charge in [-0.15, -0.1) is 11.8 Å². The molecule has 0 saturated heterocycles. The van der Waals surface area contributed by atoms with Crippen LogP contribution < -0.4 is 16.0 Å². The van der Waals surface area contributed by atoms with Gasteiger partial charge in [0, 0.05) is 34.5 Å². The van der Waals surface area contributed by atoms with Crippen LogP contribution in [0.15, 0.2) is 53.4 Å². The maximum atomic E-state index is 12.1. The van der Waals surface area contributed by atoms with Crippen LogP contribution in [0, 0.1) is 6.92 Å². The second kappa shape index (κ2) is 10.6. The summed E-state index contributed by atoms with van der Waals surface area (Å²) in [6.07, 6.45) is 1.33. The number of benzene rings is 2. The van der Waals surface area contributed by atoms with E-state index in [1.807, 2.05) is 49.0 Å². The van der Waals surface area contributed by atoms with Gasteiger partial charge in [0.15, 0.2) is 0 Å².